The molecule has 3 amide bonds. The fourth-order valence-electron chi connectivity index (χ4n) is 5.71. The molecule has 2 aromatic rings. The van der Waals surface area contributed by atoms with Gasteiger partial charge in [0.1, 0.15) is 6.04 Å². The Morgan fingerprint density at radius 1 is 0.897 bits per heavy atom. The molecular formula is C29H38N4O6. The Labute approximate surface area is 229 Å². The number of ether oxygens (including phenoxy) is 3. The van der Waals surface area contributed by atoms with Crippen molar-refractivity contribution < 1.29 is 28.6 Å². The summed E-state index contributed by atoms with van der Waals surface area (Å²) in [6.07, 6.45) is 3.64. The fraction of sp³-hybridized carbons (Fsp3) is 0.483. The van der Waals surface area contributed by atoms with Gasteiger partial charge in [0.2, 0.25) is 17.6 Å². The highest BCUT2D eigenvalue weighted by Gasteiger charge is 2.38. The molecule has 0 aromatic heterocycles. The van der Waals surface area contributed by atoms with Crippen molar-refractivity contribution >= 4 is 17.7 Å². The average Bonchev–Trinajstić information content (AvgIpc) is 2.98. The molecule has 2 aromatic carbocycles. The third-order valence-corrected chi connectivity index (χ3v) is 7.75. The van der Waals surface area contributed by atoms with Crippen LogP contribution in [0.3, 0.4) is 0 Å². The molecule has 1 aliphatic heterocycles. The molecule has 10 nitrogen and oxygen atoms in total. The summed E-state index contributed by atoms with van der Waals surface area (Å²) in [5.74, 6) is 0.206. The highest BCUT2D eigenvalue weighted by Crippen LogP contribution is 2.38. The van der Waals surface area contributed by atoms with E-state index in [-0.39, 0.29) is 23.8 Å². The van der Waals surface area contributed by atoms with Gasteiger partial charge in [0.25, 0.3) is 5.91 Å². The van der Waals surface area contributed by atoms with Gasteiger partial charge >= 0.3 is 0 Å². The summed E-state index contributed by atoms with van der Waals surface area (Å²) in [6.45, 7) is 2.38. The molecule has 0 spiro atoms. The van der Waals surface area contributed by atoms with Crippen LogP contribution in [-0.4, -0.2) is 81.1 Å². The largest absolute Gasteiger partial charge is 0.493 e. The summed E-state index contributed by atoms with van der Waals surface area (Å²) in [5.41, 5.74) is 6.78. The van der Waals surface area contributed by atoms with E-state index in [1.54, 1.807) is 24.3 Å². The normalized spacial score (nSPS) is 20.5. The van der Waals surface area contributed by atoms with Crippen molar-refractivity contribution in [2.45, 2.75) is 37.8 Å². The number of methoxy groups -OCH3 is 3. The minimum Gasteiger partial charge on any atom is -0.493 e. The van der Waals surface area contributed by atoms with E-state index in [9.17, 15) is 14.4 Å². The molecule has 1 saturated carbocycles. The Balaban J connectivity index is 1.42. The first kappa shape index (κ1) is 28.2. The first-order chi connectivity index (χ1) is 18.9. The number of amides is 3. The second-order valence-corrected chi connectivity index (χ2v) is 9.96. The lowest BCUT2D eigenvalue weighted by atomic mass is 9.82. The zero-order valence-electron chi connectivity index (χ0n) is 22.9. The topological polar surface area (TPSA) is 123 Å². The summed E-state index contributed by atoms with van der Waals surface area (Å²) < 4.78 is 16.2. The van der Waals surface area contributed by atoms with Crippen molar-refractivity contribution in [1.29, 1.82) is 0 Å². The van der Waals surface area contributed by atoms with Crippen LogP contribution in [-0.2, 0) is 9.59 Å². The lowest BCUT2D eigenvalue weighted by Crippen LogP contribution is -2.56. The van der Waals surface area contributed by atoms with Crippen LogP contribution in [0.25, 0.3) is 0 Å². The van der Waals surface area contributed by atoms with Crippen LogP contribution in [0.5, 0.6) is 17.2 Å². The van der Waals surface area contributed by atoms with E-state index in [1.807, 2.05) is 23.1 Å². The maximum Gasteiger partial charge on any atom is 0.254 e. The molecule has 2 aliphatic rings. The first-order valence-corrected chi connectivity index (χ1v) is 13.4. The van der Waals surface area contributed by atoms with Gasteiger partial charge in [0.15, 0.2) is 11.5 Å². The van der Waals surface area contributed by atoms with Crippen LogP contribution in [0.2, 0.25) is 0 Å². The number of hydrogen-bond acceptors (Lipinski definition) is 7. The van der Waals surface area contributed by atoms with Crippen molar-refractivity contribution in [3.63, 3.8) is 0 Å². The number of rotatable bonds is 9. The molecule has 3 N–H and O–H groups in total. The molecule has 1 saturated heterocycles. The van der Waals surface area contributed by atoms with Gasteiger partial charge in [-0.3, -0.25) is 19.3 Å². The Hall–Kier alpha value is -3.79. The van der Waals surface area contributed by atoms with Gasteiger partial charge < -0.3 is 30.2 Å². The SMILES string of the molecule is COc1cc(C(=O)N2CCN([C@@H]3CCCC[C@H]3C(=O)N[C@H](C(N)=O)c3ccccc3)CC2)cc(OC)c1OC. The molecule has 2 fully saturated rings. The number of carbonyl (C=O) groups is 3. The minimum absolute atomic E-state index is 0.0430. The van der Waals surface area contributed by atoms with Gasteiger partial charge in [-0.25, -0.2) is 0 Å². The number of carbonyl (C=O) groups excluding carboxylic acids is 3. The van der Waals surface area contributed by atoms with Gasteiger partial charge in [-0.2, -0.15) is 0 Å². The molecule has 39 heavy (non-hydrogen) atoms. The zero-order chi connectivity index (χ0) is 27.9. The van der Waals surface area contributed by atoms with E-state index in [2.05, 4.69) is 10.2 Å². The highest BCUT2D eigenvalue weighted by atomic mass is 16.5. The van der Waals surface area contributed by atoms with Crippen LogP contribution in [0.15, 0.2) is 42.5 Å². The second kappa shape index (κ2) is 12.8. The van der Waals surface area contributed by atoms with Crippen LogP contribution in [0.4, 0.5) is 0 Å². The predicted octanol–water partition coefficient (Wildman–Crippen LogP) is 2.37. The van der Waals surface area contributed by atoms with E-state index in [0.717, 1.165) is 25.7 Å². The van der Waals surface area contributed by atoms with E-state index in [4.69, 9.17) is 19.9 Å². The molecule has 0 unspecified atom stereocenters. The smallest absolute Gasteiger partial charge is 0.254 e. The maximum atomic E-state index is 13.4. The van der Waals surface area contributed by atoms with Crippen molar-refractivity contribution in [2.24, 2.45) is 11.7 Å². The molecular weight excluding hydrogens is 500 g/mol. The van der Waals surface area contributed by atoms with Crippen LogP contribution >= 0.6 is 0 Å². The predicted molar refractivity (Wildman–Crippen MR) is 146 cm³/mol. The number of benzene rings is 2. The fourth-order valence-corrected chi connectivity index (χ4v) is 5.71. The molecule has 0 bridgehead atoms. The third kappa shape index (κ3) is 6.27. The van der Waals surface area contributed by atoms with Crippen LogP contribution in [0, 0.1) is 5.92 Å². The van der Waals surface area contributed by atoms with Crippen molar-refractivity contribution in [3.8, 4) is 17.2 Å². The third-order valence-electron chi connectivity index (χ3n) is 7.75. The lowest BCUT2D eigenvalue weighted by Gasteiger charge is -2.44. The van der Waals surface area contributed by atoms with Crippen LogP contribution < -0.4 is 25.3 Å². The van der Waals surface area contributed by atoms with Crippen molar-refractivity contribution in [3.05, 3.63) is 53.6 Å². The highest BCUT2D eigenvalue weighted by molar-refractivity contribution is 5.95. The molecule has 1 heterocycles. The van der Waals surface area contributed by atoms with Gasteiger partial charge in [-0.05, 0) is 30.5 Å². The Kier molecular flexibility index (Phi) is 9.29. The van der Waals surface area contributed by atoms with Gasteiger partial charge in [-0.1, -0.05) is 43.2 Å². The monoisotopic (exact) mass is 538 g/mol. The number of primary amides is 1. The van der Waals surface area contributed by atoms with E-state index < -0.39 is 11.9 Å². The molecule has 10 heteroatoms. The summed E-state index contributed by atoms with van der Waals surface area (Å²) in [6, 6.07) is 11.6. The Morgan fingerprint density at radius 3 is 2.08 bits per heavy atom. The minimum atomic E-state index is -0.866. The molecule has 3 atom stereocenters. The molecule has 4 rings (SSSR count). The number of piperazine rings is 1. The number of nitrogens with zero attached hydrogens (tertiary/aromatic N) is 2. The first-order valence-electron chi connectivity index (χ1n) is 13.4. The summed E-state index contributed by atoms with van der Waals surface area (Å²) >= 11 is 0. The molecule has 1 aliphatic carbocycles. The van der Waals surface area contributed by atoms with E-state index >= 15 is 0 Å². The standard InChI is InChI=1S/C29H38N4O6/c1-37-23-17-20(18-24(38-2)26(23)39-3)29(36)33-15-13-32(14-16-33)22-12-8-7-11-21(22)28(35)31-25(27(30)34)19-9-5-4-6-10-19/h4-6,9-10,17-18,21-22,25H,7-8,11-16H2,1-3H3,(H2,30,34)(H,31,35)/t21-,22-,25+/m1/s1. The summed E-state index contributed by atoms with van der Waals surface area (Å²) in [7, 11) is 4.56. The lowest BCUT2D eigenvalue weighted by molar-refractivity contribution is -0.133. The molecule has 0 radical (unpaired) electrons. The van der Waals surface area contributed by atoms with Crippen LogP contribution in [0.1, 0.15) is 47.6 Å². The van der Waals surface area contributed by atoms with Crippen molar-refractivity contribution in [1.82, 2.24) is 15.1 Å². The van der Waals surface area contributed by atoms with E-state index in [0.29, 0.717) is 54.6 Å². The summed E-state index contributed by atoms with van der Waals surface area (Å²) in [5, 5.41) is 2.91. The van der Waals surface area contributed by atoms with Gasteiger partial charge in [0, 0.05) is 37.8 Å². The van der Waals surface area contributed by atoms with Crippen molar-refractivity contribution in [2.75, 3.05) is 47.5 Å². The number of nitrogens with two attached hydrogens (primary N) is 1. The van der Waals surface area contributed by atoms with Gasteiger partial charge in [-0.15, -0.1) is 0 Å². The van der Waals surface area contributed by atoms with E-state index in [1.165, 1.54) is 21.3 Å². The Bertz CT molecular complexity index is 1140. The van der Waals surface area contributed by atoms with Gasteiger partial charge in [0.05, 0.1) is 27.2 Å². The quantitative estimate of drug-likeness (QED) is 0.502. The number of nitrogens with one attached hydrogen (secondary N) is 1. The Morgan fingerprint density at radius 2 is 1.51 bits per heavy atom. The zero-order valence-corrected chi connectivity index (χ0v) is 22.9. The second-order valence-electron chi connectivity index (χ2n) is 9.96. The average molecular weight is 539 g/mol. The summed E-state index contributed by atoms with van der Waals surface area (Å²) in [4.78, 5) is 43.1. The number of hydrogen-bond donors (Lipinski definition) is 2. The molecule has 210 valence electrons. The maximum absolute atomic E-state index is 13.4.